The minimum absolute atomic E-state index is 0.0850. The summed E-state index contributed by atoms with van der Waals surface area (Å²) in [5.41, 5.74) is 7.33. The molecule has 0 aromatic heterocycles. The van der Waals surface area contributed by atoms with Crippen LogP contribution in [-0.4, -0.2) is 38.5 Å². The van der Waals surface area contributed by atoms with Gasteiger partial charge in [-0.3, -0.25) is 0 Å². The second kappa shape index (κ2) is 8.85. The summed E-state index contributed by atoms with van der Waals surface area (Å²) in [6.07, 6.45) is 15.8. The molecule has 0 radical (unpaired) electrons. The molecular weight excluding hydrogens is 454 g/mol. The summed E-state index contributed by atoms with van der Waals surface area (Å²) in [4.78, 5) is 2.23. The highest BCUT2D eigenvalue weighted by atomic mass is 16.5. The van der Waals surface area contributed by atoms with Crippen LogP contribution in [0, 0.1) is 29.1 Å². The van der Waals surface area contributed by atoms with Gasteiger partial charge in [-0.2, -0.15) is 0 Å². The number of hydrogen-bond acceptors (Lipinski definition) is 3. The van der Waals surface area contributed by atoms with Crippen LogP contribution in [0.3, 0.4) is 0 Å². The third-order valence-corrected chi connectivity index (χ3v) is 12.5. The van der Waals surface area contributed by atoms with Gasteiger partial charge in [0.15, 0.2) is 0 Å². The van der Waals surface area contributed by atoms with Crippen LogP contribution in [-0.2, 0) is 9.47 Å². The van der Waals surface area contributed by atoms with Crippen LogP contribution in [0.25, 0.3) is 0 Å². The summed E-state index contributed by atoms with van der Waals surface area (Å²) >= 11 is 0. The van der Waals surface area contributed by atoms with Gasteiger partial charge in [0.2, 0.25) is 0 Å². The van der Waals surface area contributed by atoms with Gasteiger partial charge in [-0.15, -0.1) is 0 Å². The number of benzene rings is 1. The van der Waals surface area contributed by atoms with Crippen molar-refractivity contribution in [2.24, 2.45) is 29.1 Å². The molecule has 0 N–H and O–H groups in total. The van der Waals surface area contributed by atoms with E-state index in [1.807, 2.05) is 11.1 Å². The molecule has 37 heavy (non-hydrogen) atoms. The van der Waals surface area contributed by atoms with Crippen molar-refractivity contribution >= 4 is 5.69 Å². The van der Waals surface area contributed by atoms with E-state index in [1.54, 1.807) is 5.56 Å². The Morgan fingerprint density at radius 2 is 1.62 bits per heavy atom. The van der Waals surface area contributed by atoms with Crippen molar-refractivity contribution in [2.45, 2.75) is 108 Å². The highest BCUT2D eigenvalue weighted by Gasteiger charge is 2.61. The first-order valence-electron chi connectivity index (χ1n) is 15.6. The van der Waals surface area contributed by atoms with Gasteiger partial charge < -0.3 is 14.4 Å². The number of allylic oxidation sites excluding steroid dienone is 2. The predicted octanol–water partition coefficient (Wildman–Crippen LogP) is 7.90. The summed E-state index contributed by atoms with van der Waals surface area (Å²) in [5.74, 6) is 3.64. The van der Waals surface area contributed by atoms with Gasteiger partial charge in [0.1, 0.15) is 0 Å². The lowest BCUT2D eigenvalue weighted by atomic mass is 9.49. The number of anilines is 1. The summed E-state index contributed by atoms with van der Waals surface area (Å²) in [6, 6.07) is 9.67. The molecule has 2 heterocycles. The van der Waals surface area contributed by atoms with Crippen LogP contribution in [0.15, 0.2) is 35.4 Å². The lowest BCUT2D eigenvalue weighted by molar-refractivity contribution is -0.0871. The zero-order chi connectivity index (χ0) is 25.4. The Morgan fingerprint density at radius 3 is 2.32 bits per heavy atom. The monoisotopic (exact) mass is 503 g/mol. The molecule has 3 saturated carbocycles. The smallest absolute Gasteiger partial charge is 0.0692 e. The van der Waals surface area contributed by atoms with Gasteiger partial charge in [0.05, 0.1) is 11.2 Å². The Balaban J connectivity index is 1.30. The molecule has 1 spiro atoms. The first-order valence-corrected chi connectivity index (χ1v) is 15.6. The SMILES string of the molecule is CN(C)c1ccc([C@H]2C[C@@]3(C)C(CC[C@@H]3C3(C)CCCO3)C3CCC4CC5(CCCO5)CCC4=C32)cc1. The second-order valence-electron chi connectivity index (χ2n) is 14.5. The Hall–Kier alpha value is -1.32. The Morgan fingerprint density at radius 1 is 0.838 bits per heavy atom. The van der Waals surface area contributed by atoms with Crippen molar-refractivity contribution in [1.29, 1.82) is 0 Å². The first kappa shape index (κ1) is 24.7. The first-order chi connectivity index (χ1) is 17.8. The van der Waals surface area contributed by atoms with E-state index < -0.39 is 0 Å². The van der Waals surface area contributed by atoms with Gasteiger partial charge >= 0.3 is 0 Å². The average Bonchev–Trinajstić information content (AvgIpc) is 3.62. The highest BCUT2D eigenvalue weighted by Crippen LogP contribution is 2.68. The minimum Gasteiger partial charge on any atom is -0.378 e. The molecule has 3 heteroatoms. The topological polar surface area (TPSA) is 21.7 Å². The lowest BCUT2D eigenvalue weighted by Gasteiger charge is -2.56. The quantitative estimate of drug-likeness (QED) is 0.391. The highest BCUT2D eigenvalue weighted by molar-refractivity contribution is 5.49. The Bertz CT molecular complexity index is 1040. The number of ether oxygens (including phenoxy) is 2. The van der Waals surface area contributed by atoms with E-state index in [2.05, 4.69) is 57.1 Å². The van der Waals surface area contributed by atoms with Crippen molar-refractivity contribution in [3.8, 4) is 0 Å². The van der Waals surface area contributed by atoms with Crippen LogP contribution >= 0.6 is 0 Å². The maximum Gasteiger partial charge on any atom is 0.0692 e. The van der Waals surface area contributed by atoms with Gasteiger partial charge in [-0.05, 0) is 131 Å². The molecule has 6 aliphatic rings. The molecule has 0 bridgehead atoms. The molecule has 3 nitrogen and oxygen atoms in total. The van der Waals surface area contributed by atoms with Crippen LogP contribution in [0.2, 0.25) is 0 Å². The fourth-order valence-corrected chi connectivity index (χ4v) is 10.8. The largest absolute Gasteiger partial charge is 0.378 e. The number of fused-ring (bicyclic) bond motifs is 4. The van der Waals surface area contributed by atoms with Gasteiger partial charge in [0, 0.05) is 38.9 Å². The molecule has 8 atom stereocenters. The summed E-state index contributed by atoms with van der Waals surface area (Å²) in [7, 11) is 4.31. The number of hydrogen-bond donors (Lipinski definition) is 0. The third kappa shape index (κ3) is 3.80. The maximum absolute atomic E-state index is 6.57. The van der Waals surface area contributed by atoms with E-state index in [1.165, 1.54) is 82.7 Å². The molecule has 2 saturated heterocycles. The van der Waals surface area contributed by atoms with Crippen molar-refractivity contribution in [1.82, 2.24) is 0 Å². The van der Waals surface area contributed by atoms with Crippen LogP contribution < -0.4 is 4.90 Å². The van der Waals surface area contributed by atoms with E-state index in [0.717, 1.165) is 31.0 Å². The third-order valence-electron chi connectivity index (χ3n) is 12.5. The van der Waals surface area contributed by atoms with E-state index in [-0.39, 0.29) is 11.2 Å². The van der Waals surface area contributed by atoms with Gasteiger partial charge in [0.25, 0.3) is 0 Å². The molecule has 1 aromatic rings. The zero-order valence-electron chi connectivity index (χ0n) is 23.9. The van der Waals surface area contributed by atoms with Crippen LogP contribution in [0.1, 0.15) is 102 Å². The van der Waals surface area contributed by atoms with Crippen molar-refractivity contribution < 1.29 is 9.47 Å². The fourth-order valence-electron chi connectivity index (χ4n) is 10.8. The van der Waals surface area contributed by atoms with Crippen LogP contribution in [0.5, 0.6) is 0 Å². The van der Waals surface area contributed by atoms with Gasteiger partial charge in [-0.25, -0.2) is 0 Å². The Labute approximate surface area is 225 Å². The van der Waals surface area contributed by atoms with E-state index >= 15 is 0 Å². The maximum atomic E-state index is 6.57. The minimum atomic E-state index is 0.0850. The summed E-state index contributed by atoms with van der Waals surface area (Å²) in [6.45, 7) is 7.11. The second-order valence-corrected chi connectivity index (χ2v) is 14.5. The molecule has 5 fully saturated rings. The summed E-state index contributed by atoms with van der Waals surface area (Å²) < 4.78 is 13.0. The van der Waals surface area contributed by atoms with Crippen molar-refractivity contribution in [2.75, 3.05) is 32.2 Å². The lowest BCUT2D eigenvalue weighted by Crippen LogP contribution is -2.50. The molecule has 1 aromatic carbocycles. The van der Waals surface area contributed by atoms with Gasteiger partial charge in [-0.1, -0.05) is 30.2 Å². The summed E-state index contributed by atoms with van der Waals surface area (Å²) in [5, 5.41) is 0. The molecule has 7 rings (SSSR count). The molecule has 4 aliphatic carbocycles. The van der Waals surface area contributed by atoms with E-state index in [9.17, 15) is 0 Å². The number of rotatable bonds is 3. The normalized spacial score (nSPS) is 45.1. The molecule has 5 unspecified atom stereocenters. The van der Waals surface area contributed by atoms with E-state index in [0.29, 0.717) is 17.3 Å². The molecule has 0 amide bonds. The molecular formula is C34H49NO2. The van der Waals surface area contributed by atoms with Crippen molar-refractivity contribution in [3.05, 3.63) is 41.0 Å². The zero-order valence-corrected chi connectivity index (χ0v) is 23.9. The molecule has 2 aliphatic heterocycles. The predicted molar refractivity (Wildman–Crippen MR) is 151 cm³/mol. The van der Waals surface area contributed by atoms with Crippen LogP contribution in [0.4, 0.5) is 5.69 Å². The fraction of sp³-hybridized carbons (Fsp3) is 0.765. The average molecular weight is 504 g/mol. The Kier molecular flexibility index (Phi) is 5.91. The standard InChI is InChI=1S/C34H49NO2/c1-32-22-28(23-7-10-25(11-8-23)35(3)4)31-26-15-18-34(17-6-20-37-34)21-24(26)9-12-27(31)29(32)13-14-30(32)33(2)16-5-19-36-33/h7-8,10-11,24,27-30H,5-6,9,12-22H2,1-4H3/t24?,27?,28-,29?,30+,32+,33?,34?/m1/s1. The number of nitrogens with zero attached hydrogens (tertiary/aromatic N) is 1. The molecule has 202 valence electrons. The van der Waals surface area contributed by atoms with E-state index in [4.69, 9.17) is 9.47 Å². The van der Waals surface area contributed by atoms with Crippen molar-refractivity contribution in [3.63, 3.8) is 0 Å².